The van der Waals surface area contributed by atoms with Gasteiger partial charge in [-0.1, -0.05) is 109 Å². The molecular formula is C47H59BN2. The van der Waals surface area contributed by atoms with Gasteiger partial charge in [0.2, 0.25) is 0 Å². The van der Waals surface area contributed by atoms with E-state index in [1.807, 2.05) is 0 Å². The minimum atomic E-state index is 0.0703. The zero-order valence-electron chi connectivity index (χ0n) is 32.3. The highest BCUT2D eigenvalue weighted by atomic mass is 15.3. The third kappa shape index (κ3) is 3.26. The standard InChI is InChI=1S/C47H59BN2/c1-28-24-34-41-36(25-28)48-37-27-31(43(2,3)4)26-35-42(37)50(45(6)23-21-30-15-10-12-17-33(30)47(35,45)8)39-19-13-18-38(40(39)48)49(41)44(5)22-20-29-14-9-11-16-32(29)46(34,44)7/h13,18-19,24-27,29-30,32-33H,9-12,14-17,20-23H2,1-8H3. The fourth-order valence-electron chi connectivity index (χ4n) is 15.1. The number of hydrogen-bond acceptors (Lipinski definition) is 2. The maximum absolute atomic E-state index is 2.99. The smallest absolute Gasteiger partial charge is 0.252 e. The molecule has 0 saturated heterocycles. The quantitative estimate of drug-likeness (QED) is 0.221. The topological polar surface area (TPSA) is 6.48 Å². The molecule has 3 aromatic rings. The van der Waals surface area contributed by atoms with E-state index in [1.165, 1.54) is 94.0 Å². The number of hydrogen-bond donors (Lipinski definition) is 0. The summed E-state index contributed by atoms with van der Waals surface area (Å²) in [6.45, 7) is 20.9. The average Bonchev–Trinajstić information content (AvgIpc) is 3.44. The van der Waals surface area contributed by atoms with Crippen molar-refractivity contribution in [3.05, 3.63) is 64.7 Å². The van der Waals surface area contributed by atoms with Gasteiger partial charge in [-0.2, -0.15) is 0 Å². The van der Waals surface area contributed by atoms with Gasteiger partial charge in [-0.05, 0) is 134 Å². The largest absolute Gasteiger partial charge is 0.335 e. The molecule has 0 spiro atoms. The summed E-state index contributed by atoms with van der Waals surface area (Å²) < 4.78 is 0. The van der Waals surface area contributed by atoms with Gasteiger partial charge in [0.25, 0.3) is 6.71 Å². The molecule has 0 aromatic heterocycles. The Morgan fingerprint density at radius 1 is 0.640 bits per heavy atom. The van der Waals surface area contributed by atoms with E-state index >= 15 is 0 Å². The Bertz CT molecular complexity index is 1990. The summed E-state index contributed by atoms with van der Waals surface area (Å²) in [6.07, 6.45) is 16.7. The number of anilines is 4. The van der Waals surface area contributed by atoms with E-state index in [0.29, 0.717) is 0 Å². The fourth-order valence-corrected chi connectivity index (χ4v) is 15.1. The Labute approximate surface area is 302 Å². The van der Waals surface area contributed by atoms with E-state index in [0.717, 1.165) is 23.7 Å². The lowest BCUT2D eigenvalue weighted by molar-refractivity contribution is 0.0318. The van der Waals surface area contributed by atoms with Gasteiger partial charge in [-0.3, -0.25) is 0 Å². The lowest BCUT2D eigenvalue weighted by Gasteiger charge is -2.60. The monoisotopic (exact) mass is 662 g/mol. The van der Waals surface area contributed by atoms with Gasteiger partial charge in [0, 0.05) is 33.6 Å². The zero-order valence-corrected chi connectivity index (χ0v) is 32.3. The Morgan fingerprint density at radius 2 is 1.14 bits per heavy atom. The van der Waals surface area contributed by atoms with Gasteiger partial charge in [-0.15, -0.1) is 0 Å². The molecule has 260 valence electrons. The third-order valence-electron chi connectivity index (χ3n) is 17.8. The summed E-state index contributed by atoms with van der Waals surface area (Å²) >= 11 is 0. The first-order valence-corrected chi connectivity index (χ1v) is 20.9. The molecule has 0 bridgehead atoms. The van der Waals surface area contributed by atoms with Crippen molar-refractivity contribution in [3.63, 3.8) is 0 Å². The highest BCUT2D eigenvalue weighted by Crippen LogP contribution is 2.69. The van der Waals surface area contributed by atoms with Gasteiger partial charge in [0.1, 0.15) is 0 Å². The molecule has 8 atom stereocenters. The van der Waals surface area contributed by atoms with Crippen molar-refractivity contribution in [1.29, 1.82) is 0 Å². The van der Waals surface area contributed by atoms with Crippen LogP contribution in [0.2, 0.25) is 0 Å². The normalized spacial score (nSPS) is 38.4. The first-order valence-electron chi connectivity index (χ1n) is 20.9. The molecule has 4 aliphatic heterocycles. The Balaban J connectivity index is 1.24. The number of rotatable bonds is 0. The minimum absolute atomic E-state index is 0.0703. The van der Waals surface area contributed by atoms with Crippen LogP contribution in [0.25, 0.3) is 0 Å². The van der Waals surface area contributed by atoms with Crippen molar-refractivity contribution in [2.75, 3.05) is 9.80 Å². The van der Waals surface area contributed by atoms with E-state index in [4.69, 9.17) is 0 Å². The number of nitrogens with zero attached hydrogens (tertiary/aromatic N) is 2. The van der Waals surface area contributed by atoms with Gasteiger partial charge < -0.3 is 9.80 Å². The molecule has 4 heterocycles. The van der Waals surface area contributed by atoms with Crippen molar-refractivity contribution in [2.45, 2.75) is 160 Å². The van der Waals surface area contributed by atoms with Gasteiger partial charge in [0.05, 0.1) is 11.1 Å². The van der Waals surface area contributed by atoms with Gasteiger partial charge in [-0.25, -0.2) is 0 Å². The van der Waals surface area contributed by atoms with Crippen molar-refractivity contribution in [3.8, 4) is 0 Å². The maximum atomic E-state index is 2.99. The zero-order chi connectivity index (χ0) is 34.3. The second-order valence-corrected chi connectivity index (χ2v) is 20.6. The second kappa shape index (κ2) is 9.46. The summed E-state index contributed by atoms with van der Waals surface area (Å²) in [4.78, 5) is 5.97. The summed E-state index contributed by atoms with van der Waals surface area (Å²) in [7, 11) is 0. The number of fused-ring (bicyclic) bond motifs is 14. The molecule has 4 fully saturated rings. The number of benzene rings is 3. The predicted molar refractivity (Wildman–Crippen MR) is 213 cm³/mol. The summed E-state index contributed by atoms with van der Waals surface area (Å²) in [5.41, 5.74) is 18.0. The first kappa shape index (κ1) is 30.9. The Kier molecular flexibility index (Phi) is 5.84. The van der Waals surface area contributed by atoms with Crippen LogP contribution < -0.4 is 26.2 Å². The van der Waals surface area contributed by atoms with Crippen molar-refractivity contribution in [2.24, 2.45) is 23.7 Å². The van der Waals surface area contributed by atoms with E-state index in [1.54, 1.807) is 44.5 Å². The van der Waals surface area contributed by atoms with Crippen LogP contribution in [-0.2, 0) is 16.2 Å². The van der Waals surface area contributed by atoms with Crippen LogP contribution in [0.3, 0.4) is 0 Å². The highest BCUT2D eigenvalue weighted by Gasteiger charge is 2.69. The maximum Gasteiger partial charge on any atom is 0.252 e. The van der Waals surface area contributed by atoms with Crippen molar-refractivity contribution in [1.82, 2.24) is 0 Å². The lowest BCUT2D eigenvalue weighted by Crippen LogP contribution is -2.68. The molecule has 0 amide bonds. The van der Waals surface area contributed by atoms with Crippen LogP contribution in [0.4, 0.5) is 22.7 Å². The first-order chi connectivity index (χ1) is 23.8. The summed E-state index contributed by atoms with van der Waals surface area (Å²) in [5, 5.41) is 0. The van der Waals surface area contributed by atoms with E-state index in [9.17, 15) is 0 Å². The van der Waals surface area contributed by atoms with Crippen molar-refractivity contribution < 1.29 is 0 Å². The van der Waals surface area contributed by atoms with Crippen LogP contribution in [0.5, 0.6) is 0 Å². The molecule has 4 aliphatic carbocycles. The molecule has 4 saturated carbocycles. The summed E-state index contributed by atoms with van der Waals surface area (Å²) in [6, 6.07) is 18.3. The SMILES string of the molecule is Cc1cc2c3c(c1)C1(C)C4CCCCC4CCC1(C)N3c1cccc3c1B2c1cc(C(C)(C)C)cc2c1N3C1(C)CCC3CCCCC3C21C. The van der Waals surface area contributed by atoms with E-state index in [2.05, 4.69) is 108 Å². The van der Waals surface area contributed by atoms with Crippen LogP contribution in [0.15, 0.2) is 42.5 Å². The Hall–Kier alpha value is -2.68. The van der Waals surface area contributed by atoms with Crippen LogP contribution in [-0.4, -0.2) is 17.8 Å². The lowest BCUT2D eigenvalue weighted by atomic mass is 9.33. The minimum Gasteiger partial charge on any atom is -0.335 e. The van der Waals surface area contributed by atoms with Gasteiger partial charge in [0.15, 0.2) is 0 Å². The fraction of sp³-hybridized carbons (Fsp3) is 0.617. The van der Waals surface area contributed by atoms with Gasteiger partial charge >= 0.3 is 0 Å². The average molecular weight is 663 g/mol. The molecule has 8 aliphatic rings. The molecular weight excluding hydrogens is 603 g/mol. The van der Waals surface area contributed by atoms with Crippen molar-refractivity contribution >= 4 is 45.9 Å². The summed E-state index contributed by atoms with van der Waals surface area (Å²) in [5.74, 6) is 3.28. The third-order valence-corrected chi connectivity index (χ3v) is 17.8. The predicted octanol–water partition coefficient (Wildman–Crippen LogP) is 9.97. The molecule has 3 aromatic carbocycles. The van der Waals surface area contributed by atoms with E-state index < -0.39 is 0 Å². The van der Waals surface area contributed by atoms with Crippen LogP contribution in [0.1, 0.15) is 148 Å². The molecule has 11 rings (SSSR count). The number of aryl methyl sites for hydroxylation is 1. The highest BCUT2D eigenvalue weighted by molar-refractivity contribution is 7.00. The van der Waals surface area contributed by atoms with E-state index in [-0.39, 0.29) is 34.0 Å². The molecule has 3 heteroatoms. The molecule has 0 radical (unpaired) electrons. The molecule has 0 N–H and O–H groups in total. The molecule has 2 nitrogen and oxygen atoms in total. The van der Waals surface area contributed by atoms with Crippen LogP contribution >= 0.6 is 0 Å². The molecule has 50 heavy (non-hydrogen) atoms. The van der Waals surface area contributed by atoms with Crippen LogP contribution in [0, 0.1) is 30.6 Å². The second-order valence-electron chi connectivity index (χ2n) is 20.6. The Morgan fingerprint density at radius 3 is 1.68 bits per heavy atom. The molecule has 8 unspecified atom stereocenters.